The fraction of sp³-hybridized carbons (Fsp3) is 0.250. The first-order valence-electron chi connectivity index (χ1n) is 8.98. The summed E-state index contributed by atoms with van der Waals surface area (Å²) in [6.45, 7) is 0.0424. The van der Waals surface area contributed by atoms with E-state index in [2.05, 4.69) is 10.5 Å². The standard InChI is InChI=1S/C20H23ClN3O5P/c1-24(2)17-7-9-18(10-8-17)30(28,29-12-11-21)14-19(25)23-22-13-15-3-5-16(6-4-15)20(26)27/h3-10,13H,11-12,14H2,1-2H3,(H,23,25)(H,26,27)/b22-13+. The summed E-state index contributed by atoms with van der Waals surface area (Å²) >= 11 is 5.67. The van der Waals surface area contributed by atoms with Crippen LogP contribution in [0.2, 0.25) is 0 Å². The number of alkyl halides is 1. The van der Waals surface area contributed by atoms with Crippen LogP contribution in [-0.4, -0.2) is 55.9 Å². The molecule has 2 N–H and O–H groups in total. The second kappa shape index (κ2) is 10.9. The van der Waals surface area contributed by atoms with Crippen LogP contribution in [0.3, 0.4) is 0 Å². The van der Waals surface area contributed by atoms with E-state index in [1.807, 2.05) is 19.0 Å². The Kier molecular flexibility index (Phi) is 8.59. The van der Waals surface area contributed by atoms with Gasteiger partial charge in [0, 0.05) is 31.0 Å². The van der Waals surface area contributed by atoms with Crippen LogP contribution in [0, 0.1) is 0 Å². The number of carboxylic acid groups (broad SMARTS) is 1. The number of amides is 1. The van der Waals surface area contributed by atoms with Crippen molar-refractivity contribution in [3.63, 3.8) is 0 Å². The third-order valence-corrected chi connectivity index (χ3v) is 6.59. The van der Waals surface area contributed by atoms with Crippen molar-refractivity contribution in [1.82, 2.24) is 5.43 Å². The summed E-state index contributed by atoms with van der Waals surface area (Å²) in [4.78, 5) is 25.1. The second-order valence-corrected chi connectivity index (χ2v) is 9.30. The van der Waals surface area contributed by atoms with Gasteiger partial charge in [-0.2, -0.15) is 5.10 Å². The summed E-state index contributed by atoms with van der Waals surface area (Å²) in [6, 6.07) is 12.9. The fourth-order valence-corrected chi connectivity index (χ4v) is 4.53. The molecule has 1 atom stereocenters. The minimum Gasteiger partial charge on any atom is -0.478 e. The van der Waals surface area contributed by atoms with E-state index in [0.29, 0.717) is 10.9 Å². The summed E-state index contributed by atoms with van der Waals surface area (Å²) < 4.78 is 18.8. The van der Waals surface area contributed by atoms with E-state index >= 15 is 0 Å². The molecule has 2 rings (SSSR count). The number of benzene rings is 2. The Morgan fingerprint density at radius 1 is 1.17 bits per heavy atom. The molecule has 10 heteroatoms. The zero-order chi connectivity index (χ0) is 22.1. The molecular formula is C20H23ClN3O5P. The number of halogens is 1. The molecule has 1 unspecified atom stereocenters. The van der Waals surface area contributed by atoms with Crippen LogP contribution in [0.15, 0.2) is 53.6 Å². The van der Waals surface area contributed by atoms with Gasteiger partial charge in [-0.1, -0.05) is 12.1 Å². The number of carboxylic acids is 1. The second-order valence-electron chi connectivity index (χ2n) is 6.48. The highest BCUT2D eigenvalue weighted by Crippen LogP contribution is 2.45. The summed E-state index contributed by atoms with van der Waals surface area (Å²) in [7, 11) is 0.298. The molecular weight excluding hydrogens is 429 g/mol. The highest BCUT2D eigenvalue weighted by molar-refractivity contribution is 7.67. The molecule has 0 radical (unpaired) electrons. The van der Waals surface area contributed by atoms with Crippen LogP contribution in [0.1, 0.15) is 15.9 Å². The number of anilines is 1. The summed E-state index contributed by atoms with van der Waals surface area (Å²) in [5, 5.41) is 13.1. The normalized spacial score (nSPS) is 13.0. The molecule has 2 aromatic rings. The average molecular weight is 452 g/mol. The number of rotatable bonds is 10. The first kappa shape index (κ1) is 23.6. The molecule has 0 aromatic heterocycles. The molecule has 0 spiro atoms. The Balaban J connectivity index is 2.06. The molecule has 1 amide bonds. The zero-order valence-electron chi connectivity index (χ0n) is 16.6. The Morgan fingerprint density at radius 2 is 1.80 bits per heavy atom. The van der Waals surface area contributed by atoms with Crippen LogP contribution >= 0.6 is 19.0 Å². The minimum atomic E-state index is -3.48. The van der Waals surface area contributed by atoms with Crippen LogP contribution in [0.25, 0.3) is 0 Å². The van der Waals surface area contributed by atoms with Gasteiger partial charge in [-0.25, -0.2) is 10.2 Å². The van der Waals surface area contributed by atoms with Crippen molar-refractivity contribution in [2.24, 2.45) is 5.10 Å². The van der Waals surface area contributed by atoms with Gasteiger partial charge in [0.25, 0.3) is 0 Å². The van der Waals surface area contributed by atoms with Gasteiger partial charge in [0.15, 0.2) is 0 Å². The molecule has 30 heavy (non-hydrogen) atoms. The maximum Gasteiger partial charge on any atom is 0.335 e. The molecule has 0 bridgehead atoms. The lowest BCUT2D eigenvalue weighted by Crippen LogP contribution is -2.25. The molecule has 0 aliphatic heterocycles. The number of nitrogens with zero attached hydrogens (tertiary/aromatic N) is 2. The maximum absolute atomic E-state index is 13.3. The van der Waals surface area contributed by atoms with Crippen molar-refractivity contribution in [3.8, 4) is 0 Å². The van der Waals surface area contributed by atoms with E-state index in [1.165, 1.54) is 18.3 Å². The Hall–Kier alpha value is -2.67. The molecule has 0 saturated heterocycles. The third kappa shape index (κ3) is 6.69. The van der Waals surface area contributed by atoms with Gasteiger partial charge >= 0.3 is 5.97 Å². The SMILES string of the molecule is CN(C)c1ccc(P(=O)(CC(=O)N/N=C/c2ccc(C(=O)O)cc2)OCCCl)cc1. The van der Waals surface area contributed by atoms with Gasteiger partial charge < -0.3 is 14.5 Å². The van der Waals surface area contributed by atoms with E-state index in [0.717, 1.165) is 5.69 Å². The molecule has 0 fully saturated rings. The Labute approximate surface area is 179 Å². The largest absolute Gasteiger partial charge is 0.478 e. The first-order valence-corrected chi connectivity index (χ1v) is 11.3. The number of hydrogen-bond acceptors (Lipinski definition) is 6. The lowest BCUT2D eigenvalue weighted by atomic mass is 10.1. The monoisotopic (exact) mass is 451 g/mol. The molecule has 8 nitrogen and oxygen atoms in total. The third-order valence-electron chi connectivity index (χ3n) is 4.05. The van der Waals surface area contributed by atoms with Gasteiger partial charge in [-0.05, 0) is 42.0 Å². The van der Waals surface area contributed by atoms with Crippen LogP contribution in [0.5, 0.6) is 0 Å². The molecule has 2 aromatic carbocycles. The van der Waals surface area contributed by atoms with E-state index in [1.54, 1.807) is 36.4 Å². The molecule has 0 saturated carbocycles. The quantitative estimate of drug-likeness (QED) is 0.249. The minimum absolute atomic E-state index is 0.0424. The van der Waals surface area contributed by atoms with Crippen LogP contribution in [0.4, 0.5) is 5.69 Å². The Bertz CT molecular complexity index is 946. The first-order chi connectivity index (χ1) is 14.2. The van der Waals surface area contributed by atoms with Crippen molar-refractivity contribution in [1.29, 1.82) is 0 Å². The average Bonchev–Trinajstić information content (AvgIpc) is 2.72. The number of carbonyl (C=O) groups is 2. The lowest BCUT2D eigenvalue weighted by molar-refractivity contribution is -0.118. The number of nitrogens with one attached hydrogen (secondary N) is 1. The number of carbonyl (C=O) groups excluding carboxylic acids is 1. The molecule has 0 aliphatic rings. The maximum atomic E-state index is 13.3. The highest BCUT2D eigenvalue weighted by Gasteiger charge is 2.29. The van der Waals surface area contributed by atoms with E-state index in [4.69, 9.17) is 21.2 Å². The van der Waals surface area contributed by atoms with Crippen molar-refractivity contribution in [2.75, 3.05) is 37.6 Å². The van der Waals surface area contributed by atoms with Crippen molar-refractivity contribution < 1.29 is 23.8 Å². The van der Waals surface area contributed by atoms with Gasteiger partial charge in [0.05, 0.1) is 18.4 Å². The molecule has 0 aliphatic carbocycles. The smallest absolute Gasteiger partial charge is 0.335 e. The van der Waals surface area contributed by atoms with Gasteiger partial charge in [-0.3, -0.25) is 9.36 Å². The van der Waals surface area contributed by atoms with Crippen LogP contribution in [-0.2, 0) is 13.9 Å². The molecule has 160 valence electrons. The summed E-state index contributed by atoms with van der Waals surface area (Å²) in [5.74, 6) is -1.47. The van der Waals surface area contributed by atoms with Gasteiger partial charge in [0.1, 0.15) is 6.16 Å². The summed E-state index contributed by atoms with van der Waals surface area (Å²) in [5.41, 5.74) is 3.99. The van der Waals surface area contributed by atoms with E-state index in [9.17, 15) is 14.2 Å². The number of hydrogen-bond donors (Lipinski definition) is 2. The Morgan fingerprint density at radius 3 is 2.33 bits per heavy atom. The zero-order valence-corrected chi connectivity index (χ0v) is 18.3. The van der Waals surface area contributed by atoms with Gasteiger partial charge in [0.2, 0.25) is 13.3 Å². The number of hydrazone groups is 1. The summed E-state index contributed by atoms with van der Waals surface area (Å²) in [6.07, 6.45) is 0.973. The highest BCUT2D eigenvalue weighted by atomic mass is 35.5. The fourth-order valence-electron chi connectivity index (χ4n) is 2.49. The topological polar surface area (TPSA) is 108 Å². The van der Waals surface area contributed by atoms with Crippen LogP contribution < -0.4 is 15.6 Å². The van der Waals surface area contributed by atoms with E-state index < -0.39 is 19.2 Å². The predicted octanol–water partition coefficient (Wildman–Crippen LogP) is 2.76. The van der Waals surface area contributed by atoms with Crippen molar-refractivity contribution in [2.45, 2.75) is 0 Å². The number of aromatic carboxylic acids is 1. The molecule has 0 heterocycles. The van der Waals surface area contributed by atoms with Crippen molar-refractivity contribution >= 4 is 48.1 Å². The van der Waals surface area contributed by atoms with E-state index in [-0.39, 0.29) is 24.2 Å². The lowest BCUT2D eigenvalue weighted by Gasteiger charge is -2.19. The predicted molar refractivity (Wildman–Crippen MR) is 119 cm³/mol. The van der Waals surface area contributed by atoms with Gasteiger partial charge in [-0.15, -0.1) is 11.6 Å². The van der Waals surface area contributed by atoms with Crippen molar-refractivity contribution in [3.05, 3.63) is 59.7 Å².